The van der Waals surface area contributed by atoms with Gasteiger partial charge in [0.2, 0.25) is 5.91 Å². The van der Waals surface area contributed by atoms with Gasteiger partial charge in [-0.15, -0.1) is 0 Å². The summed E-state index contributed by atoms with van der Waals surface area (Å²) in [6, 6.07) is 8.07. The number of anilines is 1. The monoisotopic (exact) mass is 473 g/mol. The molecule has 0 spiro atoms. The maximum atomic E-state index is 14.2. The van der Waals surface area contributed by atoms with Crippen LogP contribution in [-0.2, 0) is 17.6 Å². The predicted molar refractivity (Wildman–Crippen MR) is 115 cm³/mol. The highest BCUT2D eigenvalue weighted by Crippen LogP contribution is 2.34. The fraction of sp³-hybridized carbons (Fsp3) is 0.208. The maximum Gasteiger partial charge on any atom is 0.269 e. The van der Waals surface area contributed by atoms with Crippen molar-refractivity contribution >= 4 is 17.5 Å². The van der Waals surface area contributed by atoms with Crippen LogP contribution in [0.5, 0.6) is 11.5 Å². The van der Waals surface area contributed by atoms with Crippen LogP contribution >= 0.6 is 0 Å². The minimum atomic E-state index is -1.94. The van der Waals surface area contributed by atoms with Crippen LogP contribution in [0.2, 0.25) is 0 Å². The number of hydrogen-bond acceptors (Lipinski definition) is 4. The minimum Gasteiger partial charge on any atom is -0.457 e. The molecule has 6 nitrogen and oxygen atoms in total. The van der Waals surface area contributed by atoms with Crippen molar-refractivity contribution in [2.24, 2.45) is 0 Å². The smallest absolute Gasteiger partial charge is 0.269 e. The summed E-state index contributed by atoms with van der Waals surface area (Å²) < 4.78 is 61.0. The molecule has 0 saturated carbocycles. The summed E-state index contributed by atoms with van der Waals surface area (Å²) in [5.41, 5.74) is 0.564. The zero-order chi connectivity index (χ0) is 24.6. The van der Waals surface area contributed by atoms with Gasteiger partial charge in [0.25, 0.3) is 5.91 Å². The Labute approximate surface area is 192 Å². The van der Waals surface area contributed by atoms with Crippen molar-refractivity contribution in [3.63, 3.8) is 0 Å². The van der Waals surface area contributed by atoms with Crippen LogP contribution in [0, 0.1) is 30.2 Å². The predicted octanol–water partition coefficient (Wildman–Crippen LogP) is 4.23. The van der Waals surface area contributed by atoms with Crippen molar-refractivity contribution in [2.75, 3.05) is 18.5 Å². The number of benzene rings is 2. The van der Waals surface area contributed by atoms with Crippen LogP contribution in [0.25, 0.3) is 0 Å². The van der Waals surface area contributed by atoms with Crippen LogP contribution < -0.4 is 15.0 Å². The zero-order valence-electron chi connectivity index (χ0n) is 18.2. The number of nitrogens with zero attached hydrogens (tertiary/aromatic N) is 2. The Kier molecular flexibility index (Phi) is 6.23. The van der Waals surface area contributed by atoms with Gasteiger partial charge >= 0.3 is 0 Å². The maximum absolute atomic E-state index is 14.2. The lowest BCUT2D eigenvalue weighted by atomic mass is 10.0. The molecule has 34 heavy (non-hydrogen) atoms. The van der Waals surface area contributed by atoms with Gasteiger partial charge in [-0.3, -0.25) is 14.6 Å². The van der Waals surface area contributed by atoms with Crippen LogP contribution in [0.3, 0.4) is 0 Å². The first kappa shape index (κ1) is 23.2. The molecule has 1 N–H and O–H groups in total. The van der Waals surface area contributed by atoms with Gasteiger partial charge in [-0.05, 0) is 48.7 Å². The third-order valence-electron chi connectivity index (χ3n) is 5.63. The lowest BCUT2D eigenvalue weighted by Crippen LogP contribution is -2.31. The molecule has 0 radical (unpaired) electrons. The van der Waals surface area contributed by atoms with E-state index in [0.717, 1.165) is 12.5 Å². The van der Waals surface area contributed by atoms with Crippen molar-refractivity contribution < 1.29 is 31.9 Å². The van der Waals surface area contributed by atoms with Crippen LogP contribution in [0.4, 0.5) is 23.2 Å². The standard InChI is InChI=1S/C24H19F4N3O3/c1-12-16(21(26)23(28)22(27)20(12)25)11-19(32)31-8-6-13-9-14(3-4-18(13)31)34-15-5-7-30-17(10-15)24(33)29-2/h3-5,7,9-10H,6,8,11H2,1-2H3,(H,29,33). The van der Waals surface area contributed by atoms with E-state index in [4.69, 9.17) is 4.74 Å². The molecule has 0 bridgehead atoms. The van der Waals surface area contributed by atoms with E-state index in [2.05, 4.69) is 10.3 Å². The number of carbonyl (C=O) groups is 2. The highest BCUT2D eigenvalue weighted by molar-refractivity contribution is 5.97. The number of nitrogens with one attached hydrogen (secondary N) is 1. The molecule has 0 aliphatic carbocycles. The van der Waals surface area contributed by atoms with E-state index in [9.17, 15) is 27.2 Å². The normalized spacial score (nSPS) is 12.5. The second-order valence-corrected chi connectivity index (χ2v) is 7.68. The first-order valence-corrected chi connectivity index (χ1v) is 10.3. The van der Waals surface area contributed by atoms with Gasteiger partial charge in [-0.25, -0.2) is 17.6 Å². The number of rotatable bonds is 5. The number of hydrogen-bond donors (Lipinski definition) is 1. The molecule has 2 heterocycles. The molecular weight excluding hydrogens is 454 g/mol. The summed E-state index contributed by atoms with van der Waals surface area (Å²) in [4.78, 5) is 29.9. The summed E-state index contributed by atoms with van der Waals surface area (Å²) >= 11 is 0. The summed E-state index contributed by atoms with van der Waals surface area (Å²) in [5, 5.41) is 2.48. The van der Waals surface area contributed by atoms with E-state index in [-0.39, 0.29) is 18.1 Å². The average molecular weight is 473 g/mol. The van der Waals surface area contributed by atoms with E-state index in [1.807, 2.05) is 0 Å². The van der Waals surface area contributed by atoms with Crippen molar-refractivity contribution in [2.45, 2.75) is 19.8 Å². The zero-order valence-corrected chi connectivity index (χ0v) is 18.2. The molecule has 0 saturated heterocycles. The third kappa shape index (κ3) is 4.18. The van der Waals surface area contributed by atoms with Gasteiger partial charge in [0, 0.05) is 37.1 Å². The van der Waals surface area contributed by atoms with Crippen LogP contribution in [-0.4, -0.2) is 30.4 Å². The Morgan fingerprint density at radius 3 is 2.47 bits per heavy atom. The van der Waals surface area contributed by atoms with Gasteiger partial charge in [-0.2, -0.15) is 0 Å². The van der Waals surface area contributed by atoms with Crippen molar-refractivity contribution in [1.82, 2.24) is 10.3 Å². The Morgan fingerprint density at radius 2 is 1.74 bits per heavy atom. The van der Waals surface area contributed by atoms with Gasteiger partial charge in [0.1, 0.15) is 17.2 Å². The van der Waals surface area contributed by atoms with Gasteiger partial charge in [0.15, 0.2) is 23.3 Å². The van der Waals surface area contributed by atoms with Crippen molar-refractivity contribution in [1.29, 1.82) is 0 Å². The van der Waals surface area contributed by atoms with Gasteiger partial charge in [-0.1, -0.05) is 0 Å². The highest BCUT2D eigenvalue weighted by Gasteiger charge is 2.29. The topological polar surface area (TPSA) is 71.5 Å². The molecule has 10 heteroatoms. The SMILES string of the molecule is CNC(=O)c1cc(Oc2ccc3c(c2)CCN3C(=O)Cc2c(C)c(F)c(F)c(F)c2F)ccn1. The second-order valence-electron chi connectivity index (χ2n) is 7.68. The molecular formula is C24H19F4N3O3. The number of fused-ring (bicyclic) bond motifs is 1. The molecule has 3 aromatic rings. The van der Waals surface area contributed by atoms with E-state index >= 15 is 0 Å². The molecule has 1 aliphatic heterocycles. The van der Waals surface area contributed by atoms with Crippen LogP contribution in [0.1, 0.15) is 27.2 Å². The molecule has 0 atom stereocenters. The molecule has 0 unspecified atom stereocenters. The number of amides is 2. The Hall–Kier alpha value is -3.95. The third-order valence-corrected chi connectivity index (χ3v) is 5.63. The molecule has 0 fully saturated rings. The highest BCUT2D eigenvalue weighted by atomic mass is 19.2. The van der Waals surface area contributed by atoms with Gasteiger partial charge in [0.05, 0.1) is 6.42 Å². The minimum absolute atomic E-state index is 0.189. The van der Waals surface area contributed by atoms with E-state index < -0.39 is 46.7 Å². The number of ether oxygens (including phenoxy) is 1. The molecule has 176 valence electrons. The van der Waals surface area contributed by atoms with Crippen molar-refractivity contribution in [3.8, 4) is 11.5 Å². The molecule has 1 aromatic heterocycles. The number of aromatic nitrogens is 1. The average Bonchev–Trinajstić information content (AvgIpc) is 3.27. The summed E-state index contributed by atoms with van der Waals surface area (Å²) in [7, 11) is 1.49. The molecule has 1 aliphatic rings. The number of halogens is 4. The fourth-order valence-corrected chi connectivity index (χ4v) is 3.81. The Balaban J connectivity index is 1.53. The lowest BCUT2D eigenvalue weighted by Gasteiger charge is -2.19. The Morgan fingerprint density at radius 1 is 1.03 bits per heavy atom. The summed E-state index contributed by atoms with van der Waals surface area (Å²) in [6.45, 7) is 1.38. The molecule has 2 amide bonds. The number of pyridine rings is 1. The quantitative estimate of drug-likeness (QED) is 0.342. The first-order valence-electron chi connectivity index (χ1n) is 10.3. The van der Waals surface area contributed by atoms with Crippen LogP contribution in [0.15, 0.2) is 36.5 Å². The summed E-state index contributed by atoms with van der Waals surface area (Å²) in [5.74, 6) is -7.00. The summed E-state index contributed by atoms with van der Waals surface area (Å²) in [6.07, 6.45) is 1.30. The van der Waals surface area contributed by atoms with E-state index in [1.54, 1.807) is 24.3 Å². The largest absolute Gasteiger partial charge is 0.457 e. The number of carbonyl (C=O) groups excluding carboxylic acids is 2. The van der Waals surface area contributed by atoms with Gasteiger partial charge < -0.3 is 15.0 Å². The first-order chi connectivity index (χ1) is 16.2. The van der Waals surface area contributed by atoms with E-state index in [1.165, 1.54) is 24.2 Å². The Bertz CT molecular complexity index is 1280. The lowest BCUT2D eigenvalue weighted by molar-refractivity contribution is -0.117. The van der Waals surface area contributed by atoms with E-state index in [0.29, 0.717) is 23.6 Å². The molecule has 4 rings (SSSR count). The molecule has 2 aromatic carbocycles. The fourth-order valence-electron chi connectivity index (χ4n) is 3.81. The second kappa shape index (κ2) is 9.12. The van der Waals surface area contributed by atoms with Crippen molar-refractivity contribution in [3.05, 3.63) is 82.2 Å².